The standard InChI is InChI=1S/C17H15NO3S/c1-21-17(20)12-6-4-7-13(9-12)18-16(19)15-10-11-5-2-3-8-14(11)22-15/h2-9,15H,10H2,1H3,(H,18,19). The Morgan fingerprint density at radius 2 is 2.00 bits per heavy atom. The molecule has 2 aromatic carbocycles. The third kappa shape index (κ3) is 2.99. The molecule has 4 nitrogen and oxygen atoms in total. The number of amides is 1. The van der Waals surface area contributed by atoms with Crippen molar-refractivity contribution in [1.29, 1.82) is 0 Å². The number of ether oxygens (including phenoxy) is 1. The van der Waals surface area contributed by atoms with Crippen LogP contribution in [0.4, 0.5) is 5.69 Å². The summed E-state index contributed by atoms with van der Waals surface area (Å²) < 4.78 is 4.68. The first-order valence-corrected chi connectivity index (χ1v) is 7.79. The number of esters is 1. The van der Waals surface area contributed by atoms with Gasteiger partial charge in [0.05, 0.1) is 17.9 Å². The molecule has 0 fully saturated rings. The lowest BCUT2D eigenvalue weighted by atomic mass is 10.1. The summed E-state index contributed by atoms with van der Waals surface area (Å²) in [5, 5.41) is 2.73. The van der Waals surface area contributed by atoms with Gasteiger partial charge in [0.1, 0.15) is 0 Å². The van der Waals surface area contributed by atoms with Crippen LogP contribution < -0.4 is 5.32 Å². The number of rotatable bonds is 3. The molecular weight excluding hydrogens is 298 g/mol. The topological polar surface area (TPSA) is 55.4 Å². The molecule has 1 heterocycles. The van der Waals surface area contributed by atoms with Crippen LogP contribution in [0, 0.1) is 0 Å². The van der Waals surface area contributed by atoms with Crippen molar-refractivity contribution in [3.63, 3.8) is 0 Å². The fourth-order valence-electron chi connectivity index (χ4n) is 2.39. The fraction of sp³-hybridized carbons (Fsp3) is 0.176. The highest BCUT2D eigenvalue weighted by Crippen LogP contribution is 2.37. The highest BCUT2D eigenvalue weighted by Gasteiger charge is 2.28. The lowest BCUT2D eigenvalue weighted by molar-refractivity contribution is -0.115. The molecule has 1 N–H and O–H groups in total. The van der Waals surface area contributed by atoms with Gasteiger partial charge in [0.2, 0.25) is 5.91 Å². The Labute approximate surface area is 132 Å². The molecule has 1 amide bonds. The molecule has 3 rings (SSSR count). The van der Waals surface area contributed by atoms with E-state index >= 15 is 0 Å². The summed E-state index contributed by atoms with van der Waals surface area (Å²) in [6.07, 6.45) is 0.726. The maximum atomic E-state index is 12.4. The van der Waals surface area contributed by atoms with Gasteiger partial charge in [-0.1, -0.05) is 24.3 Å². The van der Waals surface area contributed by atoms with Gasteiger partial charge in [-0.25, -0.2) is 4.79 Å². The van der Waals surface area contributed by atoms with Crippen LogP contribution >= 0.6 is 11.8 Å². The zero-order valence-corrected chi connectivity index (χ0v) is 12.9. The van der Waals surface area contributed by atoms with Crippen LogP contribution in [-0.4, -0.2) is 24.2 Å². The molecule has 0 radical (unpaired) electrons. The van der Waals surface area contributed by atoms with Crippen LogP contribution in [-0.2, 0) is 16.0 Å². The van der Waals surface area contributed by atoms with E-state index in [1.807, 2.05) is 24.3 Å². The molecule has 1 unspecified atom stereocenters. The van der Waals surface area contributed by atoms with E-state index in [9.17, 15) is 9.59 Å². The molecule has 0 aromatic heterocycles. The normalized spacial score (nSPS) is 16.0. The predicted molar refractivity (Wildman–Crippen MR) is 86.2 cm³/mol. The first kappa shape index (κ1) is 14.7. The lowest BCUT2D eigenvalue weighted by Crippen LogP contribution is -2.24. The van der Waals surface area contributed by atoms with Crippen molar-refractivity contribution in [3.05, 3.63) is 59.7 Å². The molecule has 112 valence electrons. The average molecular weight is 313 g/mol. The zero-order chi connectivity index (χ0) is 15.5. The summed E-state index contributed by atoms with van der Waals surface area (Å²) in [4.78, 5) is 25.1. The summed E-state index contributed by atoms with van der Waals surface area (Å²) in [6.45, 7) is 0. The number of fused-ring (bicyclic) bond motifs is 1. The van der Waals surface area contributed by atoms with Crippen LogP contribution in [0.3, 0.4) is 0 Å². The van der Waals surface area contributed by atoms with E-state index in [0.29, 0.717) is 11.3 Å². The second-order valence-corrected chi connectivity index (χ2v) is 6.22. The highest BCUT2D eigenvalue weighted by atomic mass is 32.2. The van der Waals surface area contributed by atoms with Crippen molar-refractivity contribution < 1.29 is 14.3 Å². The lowest BCUT2D eigenvalue weighted by Gasteiger charge is -2.10. The smallest absolute Gasteiger partial charge is 0.337 e. The van der Waals surface area contributed by atoms with Crippen LogP contribution in [0.5, 0.6) is 0 Å². The van der Waals surface area contributed by atoms with Gasteiger partial charge in [-0.3, -0.25) is 4.79 Å². The number of hydrogen-bond acceptors (Lipinski definition) is 4. The first-order chi connectivity index (χ1) is 10.7. The van der Waals surface area contributed by atoms with E-state index in [0.717, 1.165) is 11.3 Å². The van der Waals surface area contributed by atoms with Gasteiger partial charge < -0.3 is 10.1 Å². The summed E-state index contributed by atoms with van der Waals surface area (Å²) in [7, 11) is 1.33. The Balaban J connectivity index is 1.69. The number of benzene rings is 2. The maximum absolute atomic E-state index is 12.4. The molecular formula is C17H15NO3S. The number of thioether (sulfide) groups is 1. The second kappa shape index (κ2) is 6.23. The van der Waals surface area contributed by atoms with Gasteiger partial charge >= 0.3 is 5.97 Å². The molecule has 0 spiro atoms. The minimum Gasteiger partial charge on any atom is -0.465 e. The fourth-order valence-corrected chi connectivity index (χ4v) is 3.59. The van der Waals surface area contributed by atoms with E-state index in [4.69, 9.17) is 0 Å². The van der Waals surface area contributed by atoms with E-state index in [2.05, 4.69) is 10.1 Å². The Hall–Kier alpha value is -2.27. The molecule has 0 saturated carbocycles. The molecule has 0 bridgehead atoms. The van der Waals surface area contributed by atoms with Crippen molar-refractivity contribution in [2.45, 2.75) is 16.6 Å². The minimum atomic E-state index is -0.418. The van der Waals surface area contributed by atoms with Crippen molar-refractivity contribution in [1.82, 2.24) is 0 Å². The number of carbonyl (C=O) groups excluding carboxylic acids is 2. The first-order valence-electron chi connectivity index (χ1n) is 6.91. The second-order valence-electron chi connectivity index (χ2n) is 4.98. The molecule has 5 heteroatoms. The monoisotopic (exact) mass is 313 g/mol. The van der Waals surface area contributed by atoms with Gasteiger partial charge in [-0.15, -0.1) is 11.8 Å². The van der Waals surface area contributed by atoms with Crippen LogP contribution in [0.1, 0.15) is 15.9 Å². The van der Waals surface area contributed by atoms with Crippen molar-refractivity contribution in [2.24, 2.45) is 0 Å². The summed E-state index contributed by atoms with van der Waals surface area (Å²) in [5.41, 5.74) is 2.23. The van der Waals surface area contributed by atoms with E-state index in [1.165, 1.54) is 12.7 Å². The Kier molecular flexibility index (Phi) is 4.15. The van der Waals surface area contributed by atoms with E-state index in [1.54, 1.807) is 36.0 Å². The third-order valence-corrected chi connectivity index (χ3v) is 4.81. The predicted octanol–water partition coefficient (Wildman–Crippen LogP) is 3.13. The SMILES string of the molecule is COC(=O)c1cccc(NC(=O)C2Cc3ccccc3S2)c1. The molecule has 1 aliphatic rings. The van der Waals surface area contributed by atoms with Gasteiger partial charge in [0, 0.05) is 10.6 Å². The molecule has 22 heavy (non-hydrogen) atoms. The quantitative estimate of drug-likeness (QED) is 0.885. The van der Waals surface area contributed by atoms with Crippen molar-refractivity contribution >= 4 is 29.3 Å². The largest absolute Gasteiger partial charge is 0.465 e. The Morgan fingerprint density at radius 3 is 2.77 bits per heavy atom. The van der Waals surface area contributed by atoms with Gasteiger partial charge in [0.15, 0.2) is 0 Å². The maximum Gasteiger partial charge on any atom is 0.337 e. The van der Waals surface area contributed by atoms with Crippen molar-refractivity contribution in [2.75, 3.05) is 12.4 Å². The molecule has 1 atom stereocenters. The molecule has 0 aliphatic carbocycles. The summed E-state index contributed by atoms with van der Waals surface area (Å²) >= 11 is 1.57. The molecule has 2 aromatic rings. The highest BCUT2D eigenvalue weighted by molar-refractivity contribution is 8.01. The van der Waals surface area contributed by atoms with Gasteiger partial charge in [-0.2, -0.15) is 0 Å². The van der Waals surface area contributed by atoms with Crippen LogP contribution in [0.15, 0.2) is 53.4 Å². The number of anilines is 1. The Morgan fingerprint density at radius 1 is 1.18 bits per heavy atom. The average Bonchev–Trinajstić information content (AvgIpc) is 2.98. The zero-order valence-electron chi connectivity index (χ0n) is 12.0. The van der Waals surface area contributed by atoms with Gasteiger partial charge in [-0.05, 0) is 36.2 Å². The number of carbonyl (C=O) groups is 2. The minimum absolute atomic E-state index is 0.0526. The number of nitrogens with one attached hydrogen (secondary N) is 1. The van der Waals surface area contributed by atoms with Crippen LogP contribution in [0.2, 0.25) is 0 Å². The van der Waals surface area contributed by atoms with Crippen molar-refractivity contribution in [3.8, 4) is 0 Å². The van der Waals surface area contributed by atoms with E-state index < -0.39 is 5.97 Å². The summed E-state index contributed by atoms with van der Waals surface area (Å²) in [5.74, 6) is -0.470. The molecule has 0 saturated heterocycles. The number of methoxy groups -OCH3 is 1. The van der Waals surface area contributed by atoms with E-state index in [-0.39, 0.29) is 11.2 Å². The number of hydrogen-bond donors (Lipinski definition) is 1. The Bertz CT molecular complexity index is 704. The summed E-state index contributed by atoms with van der Waals surface area (Å²) in [6, 6.07) is 14.8. The third-order valence-electron chi connectivity index (χ3n) is 3.49. The van der Waals surface area contributed by atoms with Gasteiger partial charge in [0.25, 0.3) is 0 Å². The molecule has 1 aliphatic heterocycles. The van der Waals surface area contributed by atoms with Crippen LogP contribution in [0.25, 0.3) is 0 Å².